The number of nitrogens with zero attached hydrogens (tertiary/aromatic N) is 2. The Morgan fingerprint density at radius 1 is 1.26 bits per heavy atom. The Kier molecular flexibility index (Phi) is 3.38. The Labute approximate surface area is 117 Å². The van der Waals surface area contributed by atoms with E-state index in [4.69, 9.17) is 4.98 Å². The summed E-state index contributed by atoms with van der Waals surface area (Å²) in [6.45, 7) is 4.34. The number of imidazole rings is 1. The summed E-state index contributed by atoms with van der Waals surface area (Å²) in [4.78, 5) is 4.79. The van der Waals surface area contributed by atoms with Crippen LogP contribution in [-0.2, 0) is 12.8 Å². The Balaban J connectivity index is 2.12. The number of aryl methyl sites for hydroxylation is 2. The maximum absolute atomic E-state index is 4.79. The first kappa shape index (κ1) is 12.4. The molecule has 0 aromatic carbocycles. The van der Waals surface area contributed by atoms with Gasteiger partial charge in [-0.15, -0.1) is 0 Å². The third-order valence-corrected chi connectivity index (χ3v) is 4.12. The van der Waals surface area contributed by atoms with E-state index >= 15 is 0 Å². The van der Waals surface area contributed by atoms with Crippen molar-refractivity contribution in [2.45, 2.75) is 33.1 Å². The fourth-order valence-electron chi connectivity index (χ4n) is 2.46. The summed E-state index contributed by atoms with van der Waals surface area (Å²) in [5.41, 5.74) is 6.32. The van der Waals surface area contributed by atoms with Crippen molar-refractivity contribution in [2.75, 3.05) is 0 Å². The summed E-state index contributed by atoms with van der Waals surface area (Å²) < 4.78 is 2.26. The highest BCUT2D eigenvalue weighted by atomic mass is 32.1. The normalized spacial score (nSPS) is 11.3. The highest BCUT2D eigenvalue weighted by Gasteiger charge is 2.12. The van der Waals surface area contributed by atoms with E-state index in [9.17, 15) is 0 Å². The number of thiophene rings is 1. The van der Waals surface area contributed by atoms with Crippen LogP contribution in [0.15, 0.2) is 35.2 Å². The fraction of sp³-hybridized carbons (Fsp3) is 0.312. The predicted molar refractivity (Wildman–Crippen MR) is 81.0 cm³/mol. The van der Waals surface area contributed by atoms with Gasteiger partial charge in [-0.05, 0) is 47.4 Å². The van der Waals surface area contributed by atoms with E-state index < -0.39 is 0 Å². The number of hydrogen-bond donors (Lipinski definition) is 0. The molecule has 0 N–H and O–H groups in total. The van der Waals surface area contributed by atoms with Crippen LogP contribution in [0.2, 0.25) is 0 Å². The van der Waals surface area contributed by atoms with Gasteiger partial charge < -0.3 is 4.40 Å². The molecule has 2 nitrogen and oxygen atoms in total. The van der Waals surface area contributed by atoms with Gasteiger partial charge in [-0.1, -0.05) is 19.4 Å². The topological polar surface area (TPSA) is 17.3 Å². The minimum Gasteiger partial charge on any atom is -0.303 e. The molecule has 0 bridgehead atoms. The zero-order chi connectivity index (χ0) is 13.2. The number of pyridine rings is 1. The molecule has 0 unspecified atom stereocenters. The van der Waals surface area contributed by atoms with Crippen LogP contribution in [0.5, 0.6) is 0 Å². The molecule has 3 aromatic rings. The zero-order valence-corrected chi connectivity index (χ0v) is 12.2. The highest BCUT2D eigenvalue weighted by Crippen LogP contribution is 2.20. The minimum absolute atomic E-state index is 0.976. The van der Waals surface area contributed by atoms with Gasteiger partial charge in [0, 0.05) is 12.6 Å². The zero-order valence-electron chi connectivity index (χ0n) is 11.4. The first-order valence-corrected chi connectivity index (χ1v) is 7.69. The second-order valence-corrected chi connectivity index (χ2v) is 5.78. The second-order valence-electron chi connectivity index (χ2n) is 5.00. The highest BCUT2D eigenvalue weighted by molar-refractivity contribution is 7.07. The van der Waals surface area contributed by atoms with Crippen LogP contribution in [0.25, 0.3) is 5.65 Å². The lowest BCUT2D eigenvalue weighted by atomic mass is 10.1. The molecule has 0 atom stereocenters. The lowest BCUT2D eigenvalue weighted by Crippen LogP contribution is -1.98. The van der Waals surface area contributed by atoms with Crippen LogP contribution in [0.1, 0.15) is 35.9 Å². The van der Waals surface area contributed by atoms with E-state index in [2.05, 4.69) is 53.4 Å². The van der Waals surface area contributed by atoms with Crippen LogP contribution < -0.4 is 0 Å². The molecule has 0 radical (unpaired) electrons. The number of aromatic nitrogens is 2. The molecule has 0 saturated heterocycles. The minimum atomic E-state index is 0.976. The van der Waals surface area contributed by atoms with Gasteiger partial charge in [-0.25, -0.2) is 4.98 Å². The summed E-state index contributed by atoms with van der Waals surface area (Å²) >= 11 is 1.76. The SMILES string of the molecule is CCCc1nc2ccc(C)cn2c1Cc1ccsc1. The average molecular weight is 270 g/mol. The second kappa shape index (κ2) is 5.17. The molecule has 3 heteroatoms. The first-order chi connectivity index (χ1) is 9.28. The average Bonchev–Trinajstić information content (AvgIpc) is 3.00. The van der Waals surface area contributed by atoms with Crippen molar-refractivity contribution >= 4 is 17.0 Å². The molecule has 0 aliphatic carbocycles. The summed E-state index contributed by atoms with van der Waals surface area (Å²) in [5, 5.41) is 4.37. The molecule has 0 spiro atoms. The summed E-state index contributed by atoms with van der Waals surface area (Å²) in [5.74, 6) is 0. The van der Waals surface area contributed by atoms with Gasteiger partial charge in [0.15, 0.2) is 0 Å². The molecule has 3 aromatic heterocycles. The molecular formula is C16H18N2S. The Morgan fingerprint density at radius 3 is 2.89 bits per heavy atom. The first-order valence-electron chi connectivity index (χ1n) is 6.75. The standard InChI is InChI=1S/C16H18N2S/c1-3-4-14-15(9-13-7-8-19-11-13)18-10-12(2)5-6-16(18)17-14/h5-8,10-11H,3-4,9H2,1-2H3. The third kappa shape index (κ3) is 2.43. The van der Waals surface area contributed by atoms with Crippen molar-refractivity contribution in [2.24, 2.45) is 0 Å². The summed E-state index contributed by atoms with van der Waals surface area (Å²) in [6, 6.07) is 6.45. The van der Waals surface area contributed by atoms with Crippen molar-refractivity contribution in [1.29, 1.82) is 0 Å². The summed E-state index contributed by atoms with van der Waals surface area (Å²) in [6.07, 6.45) is 5.37. The van der Waals surface area contributed by atoms with Crippen molar-refractivity contribution in [1.82, 2.24) is 9.38 Å². The van der Waals surface area contributed by atoms with Crippen LogP contribution in [0.3, 0.4) is 0 Å². The number of fused-ring (bicyclic) bond motifs is 1. The molecule has 3 heterocycles. The van der Waals surface area contributed by atoms with Crippen molar-refractivity contribution in [3.8, 4) is 0 Å². The van der Waals surface area contributed by atoms with E-state index in [1.807, 2.05) is 0 Å². The third-order valence-electron chi connectivity index (χ3n) is 3.39. The maximum atomic E-state index is 4.79. The molecule has 98 valence electrons. The van der Waals surface area contributed by atoms with E-state index in [1.54, 1.807) is 11.3 Å². The van der Waals surface area contributed by atoms with Crippen LogP contribution in [0.4, 0.5) is 0 Å². The van der Waals surface area contributed by atoms with Gasteiger partial charge in [0.25, 0.3) is 0 Å². The molecule has 0 amide bonds. The predicted octanol–water partition coefficient (Wildman–Crippen LogP) is 4.25. The molecule has 3 rings (SSSR count). The lowest BCUT2D eigenvalue weighted by Gasteiger charge is -2.04. The Bertz CT molecular complexity index is 680. The molecule has 19 heavy (non-hydrogen) atoms. The van der Waals surface area contributed by atoms with Gasteiger partial charge in [0.05, 0.1) is 11.4 Å². The smallest absolute Gasteiger partial charge is 0.137 e. The fourth-order valence-corrected chi connectivity index (χ4v) is 3.13. The van der Waals surface area contributed by atoms with Crippen LogP contribution >= 0.6 is 11.3 Å². The van der Waals surface area contributed by atoms with E-state index in [-0.39, 0.29) is 0 Å². The molecule has 0 aliphatic heterocycles. The van der Waals surface area contributed by atoms with Gasteiger partial charge in [0.1, 0.15) is 5.65 Å². The number of rotatable bonds is 4. The maximum Gasteiger partial charge on any atom is 0.137 e. The van der Waals surface area contributed by atoms with Crippen molar-refractivity contribution in [3.63, 3.8) is 0 Å². The van der Waals surface area contributed by atoms with Crippen molar-refractivity contribution in [3.05, 3.63) is 57.7 Å². The molecule has 0 saturated carbocycles. The van der Waals surface area contributed by atoms with Gasteiger partial charge in [-0.2, -0.15) is 11.3 Å². The van der Waals surface area contributed by atoms with E-state index in [0.29, 0.717) is 0 Å². The van der Waals surface area contributed by atoms with Gasteiger partial charge in [-0.3, -0.25) is 0 Å². The lowest BCUT2D eigenvalue weighted by molar-refractivity contribution is 0.867. The molecule has 0 aliphatic rings. The quantitative estimate of drug-likeness (QED) is 0.693. The van der Waals surface area contributed by atoms with Gasteiger partial charge >= 0.3 is 0 Å². The van der Waals surface area contributed by atoms with Crippen LogP contribution in [-0.4, -0.2) is 9.38 Å². The molecular weight excluding hydrogens is 252 g/mol. The number of hydrogen-bond acceptors (Lipinski definition) is 2. The van der Waals surface area contributed by atoms with Gasteiger partial charge in [0.2, 0.25) is 0 Å². The van der Waals surface area contributed by atoms with E-state index in [1.165, 1.54) is 22.5 Å². The molecule has 0 fully saturated rings. The van der Waals surface area contributed by atoms with Crippen molar-refractivity contribution < 1.29 is 0 Å². The van der Waals surface area contributed by atoms with Crippen LogP contribution in [0, 0.1) is 6.92 Å². The monoisotopic (exact) mass is 270 g/mol. The Hall–Kier alpha value is -1.61. The van der Waals surface area contributed by atoms with E-state index in [0.717, 1.165) is 24.9 Å². The summed E-state index contributed by atoms with van der Waals surface area (Å²) in [7, 11) is 0. The largest absolute Gasteiger partial charge is 0.303 e. The Morgan fingerprint density at radius 2 is 2.16 bits per heavy atom.